The van der Waals surface area contributed by atoms with E-state index < -0.39 is 0 Å². The zero-order chi connectivity index (χ0) is 12.2. The van der Waals surface area contributed by atoms with Gasteiger partial charge in [-0.3, -0.25) is 9.97 Å². The number of rotatable bonds is 0. The van der Waals surface area contributed by atoms with Crippen LogP contribution in [0.3, 0.4) is 0 Å². The van der Waals surface area contributed by atoms with Crippen LogP contribution in [-0.2, 0) is 0 Å². The van der Waals surface area contributed by atoms with Crippen LogP contribution in [-0.4, -0.2) is 9.97 Å². The van der Waals surface area contributed by atoms with Gasteiger partial charge in [0.1, 0.15) is 0 Å². The Kier molecular flexibility index (Phi) is 8.79. The van der Waals surface area contributed by atoms with Crippen LogP contribution < -0.4 is 0 Å². The van der Waals surface area contributed by atoms with E-state index in [9.17, 15) is 0 Å². The molecule has 2 nitrogen and oxygen atoms in total. The minimum absolute atomic E-state index is 1.07. The van der Waals surface area contributed by atoms with Crippen LogP contribution in [0.15, 0.2) is 48.9 Å². The van der Waals surface area contributed by atoms with Crippen LogP contribution in [0.4, 0.5) is 0 Å². The molecule has 2 rings (SSSR count). The molecule has 0 unspecified atom stereocenters. The highest BCUT2D eigenvalue weighted by Gasteiger charge is 1.73. The molecular weight excluding hydrogens is 196 g/mol. The van der Waals surface area contributed by atoms with Crippen molar-refractivity contribution in [2.75, 3.05) is 0 Å². The van der Waals surface area contributed by atoms with Crippen LogP contribution in [0.25, 0.3) is 0 Å². The SMILES string of the molecule is CC.Cc1ccccn1.Cc1ccncc1. The van der Waals surface area contributed by atoms with Gasteiger partial charge < -0.3 is 0 Å². The van der Waals surface area contributed by atoms with E-state index in [0.29, 0.717) is 0 Å². The largest absolute Gasteiger partial charge is 0.265 e. The number of aromatic nitrogens is 2. The van der Waals surface area contributed by atoms with Gasteiger partial charge in [0.15, 0.2) is 0 Å². The average Bonchev–Trinajstić information content (AvgIpc) is 2.34. The molecule has 86 valence electrons. The van der Waals surface area contributed by atoms with Crippen LogP contribution in [0.1, 0.15) is 25.1 Å². The summed E-state index contributed by atoms with van der Waals surface area (Å²) in [5.41, 5.74) is 2.33. The third kappa shape index (κ3) is 7.68. The molecule has 16 heavy (non-hydrogen) atoms. The summed E-state index contributed by atoms with van der Waals surface area (Å²) in [6.45, 7) is 8.02. The summed E-state index contributed by atoms with van der Waals surface area (Å²) >= 11 is 0. The molecule has 0 bridgehead atoms. The highest BCUT2D eigenvalue weighted by Crippen LogP contribution is 1.88. The number of nitrogens with zero attached hydrogens (tertiary/aromatic N) is 2. The Morgan fingerprint density at radius 2 is 1.44 bits per heavy atom. The molecule has 0 saturated carbocycles. The van der Waals surface area contributed by atoms with Crippen molar-refractivity contribution in [2.24, 2.45) is 0 Å². The zero-order valence-corrected chi connectivity index (χ0v) is 10.5. The molecule has 2 aromatic heterocycles. The van der Waals surface area contributed by atoms with Crippen molar-refractivity contribution < 1.29 is 0 Å². The minimum Gasteiger partial charge on any atom is -0.265 e. The molecular formula is C14H20N2. The van der Waals surface area contributed by atoms with Gasteiger partial charge in [-0.05, 0) is 43.7 Å². The number of hydrogen-bond acceptors (Lipinski definition) is 2. The smallest absolute Gasteiger partial charge is 0.0372 e. The Bertz CT molecular complexity index is 306. The Balaban J connectivity index is 0.000000244. The molecule has 0 radical (unpaired) electrons. The van der Waals surface area contributed by atoms with Crippen LogP contribution in [0.2, 0.25) is 0 Å². The second-order valence-corrected chi connectivity index (χ2v) is 3.00. The van der Waals surface area contributed by atoms with Gasteiger partial charge in [0, 0.05) is 24.3 Å². The van der Waals surface area contributed by atoms with Crippen molar-refractivity contribution >= 4 is 0 Å². The zero-order valence-electron chi connectivity index (χ0n) is 10.5. The second kappa shape index (κ2) is 9.84. The quantitative estimate of drug-likeness (QED) is 0.669. The van der Waals surface area contributed by atoms with Gasteiger partial charge in [-0.25, -0.2) is 0 Å². The van der Waals surface area contributed by atoms with Crippen LogP contribution in [0, 0.1) is 13.8 Å². The lowest BCUT2D eigenvalue weighted by atomic mass is 10.3. The number of hydrogen-bond donors (Lipinski definition) is 0. The highest BCUT2D eigenvalue weighted by molar-refractivity contribution is 5.05. The molecule has 0 spiro atoms. The lowest BCUT2D eigenvalue weighted by Gasteiger charge is -1.82. The molecule has 2 heterocycles. The Morgan fingerprint density at radius 1 is 0.812 bits per heavy atom. The first-order valence-corrected chi connectivity index (χ1v) is 5.53. The predicted molar refractivity (Wildman–Crippen MR) is 69.3 cm³/mol. The fraction of sp³-hybridized carbons (Fsp3) is 0.286. The van der Waals surface area contributed by atoms with Crippen molar-refractivity contribution in [3.05, 3.63) is 60.2 Å². The van der Waals surface area contributed by atoms with Gasteiger partial charge >= 0.3 is 0 Å². The maximum atomic E-state index is 3.98. The van der Waals surface area contributed by atoms with E-state index in [4.69, 9.17) is 0 Å². The van der Waals surface area contributed by atoms with Crippen molar-refractivity contribution in [3.63, 3.8) is 0 Å². The fourth-order valence-electron chi connectivity index (χ4n) is 0.875. The average molecular weight is 216 g/mol. The number of aryl methyl sites for hydroxylation is 2. The van der Waals surface area contributed by atoms with E-state index in [2.05, 4.69) is 9.97 Å². The van der Waals surface area contributed by atoms with Crippen molar-refractivity contribution in [1.82, 2.24) is 9.97 Å². The second-order valence-electron chi connectivity index (χ2n) is 3.00. The van der Waals surface area contributed by atoms with E-state index in [1.165, 1.54) is 5.56 Å². The molecule has 0 atom stereocenters. The monoisotopic (exact) mass is 216 g/mol. The molecule has 2 heteroatoms. The maximum Gasteiger partial charge on any atom is 0.0372 e. The third-order valence-electron chi connectivity index (χ3n) is 1.66. The lowest BCUT2D eigenvalue weighted by molar-refractivity contribution is 1.20. The van der Waals surface area contributed by atoms with Crippen molar-refractivity contribution in [3.8, 4) is 0 Å². The van der Waals surface area contributed by atoms with Crippen LogP contribution in [0.5, 0.6) is 0 Å². The van der Waals surface area contributed by atoms with E-state index in [0.717, 1.165) is 5.69 Å². The molecule has 0 aliphatic carbocycles. The molecule has 0 aromatic carbocycles. The van der Waals surface area contributed by atoms with Crippen LogP contribution >= 0.6 is 0 Å². The minimum atomic E-state index is 1.07. The van der Waals surface area contributed by atoms with Crippen molar-refractivity contribution in [1.29, 1.82) is 0 Å². The van der Waals surface area contributed by atoms with E-state index in [1.54, 1.807) is 18.6 Å². The summed E-state index contributed by atoms with van der Waals surface area (Å²) in [6.07, 6.45) is 5.36. The van der Waals surface area contributed by atoms with Gasteiger partial charge in [0.25, 0.3) is 0 Å². The van der Waals surface area contributed by atoms with E-state index in [-0.39, 0.29) is 0 Å². The fourth-order valence-corrected chi connectivity index (χ4v) is 0.875. The lowest BCUT2D eigenvalue weighted by Crippen LogP contribution is -1.72. The summed E-state index contributed by atoms with van der Waals surface area (Å²) in [7, 11) is 0. The first-order chi connectivity index (χ1) is 7.79. The first kappa shape index (κ1) is 14.3. The standard InChI is InChI=1S/2C6H7N.C2H6/c1-6-2-4-7-5-3-6;1-6-4-2-3-5-7-6;1-2/h2*2-5H,1H3;1-2H3. The maximum absolute atomic E-state index is 3.98. The Labute approximate surface area is 98.4 Å². The highest BCUT2D eigenvalue weighted by atomic mass is 14.6. The third-order valence-corrected chi connectivity index (χ3v) is 1.66. The van der Waals surface area contributed by atoms with Gasteiger partial charge in [-0.1, -0.05) is 19.9 Å². The topological polar surface area (TPSA) is 25.8 Å². The molecule has 2 aromatic rings. The van der Waals surface area contributed by atoms with E-state index in [1.807, 2.05) is 58.0 Å². The summed E-state index contributed by atoms with van der Waals surface area (Å²) < 4.78 is 0. The summed E-state index contributed by atoms with van der Waals surface area (Å²) in [5.74, 6) is 0. The summed E-state index contributed by atoms with van der Waals surface area (Å²) in [4.78, 5) is 7.82. The summed E-state index contributed by atoms with van der Waals surface area (Å²) in [5, 5.41) is 0. The summed E-state index contributed by atoms with van der Waals surface area (Å²) in [6, 6.07) is 9.80. The normalized spacial score (nSPS) is 8.00. The molecule has 0 saturated heterocycles. The number of pyridine rings is 2. The molecule has 0 aliphatic rings. The first-order valence-electron chi connectivity index (χ1n) is 5.53. The molecule has 0 aliphatic heterocycles. The van der Waals surface area contributed by atoms with E-state index >= 15 is 0 Å². The molecule has 0 amide bonds. The van der Waals surface area contributed by atoms with Crippen molar-refractivity contribution in [2.45, 2.75) is 27.7 Å². The van der Waals surface area contributed by atoms with Gasteiger partial charge in [0.2, 0.25) is 0 Å². The van der Waals surface area contributed by atoms with Gasteiger partial charge in [-0.15, -0.1) is 0 Å². The molecule has 0 fully saturated rings. The van der Waals surface area contributed by atoms with Gasteiger partial charge in [-0.2, -0.15) is 0 Å². The molecule has 0 N–H and O–H groups in total. The predicted octanol–water partition coefficient (Wildman–Crippen LogP) is 3.81. The Morgan fingerprint density at radius 3 is 1.69 bits per heavy atom. The Hall–Kier alpha value is -1.70. The van der Waals surface area contributed by atoms with Gasteiger partial charge in [0.05, 0.1) is 0 Å².